The van der Waals surface area contributed by atoms with Gasteiger partial charge in [-0.1, -0.05) is 16.8 Å². The molecule has 5 nitrogen and oxygen atoms in total. The molecule has 2 rings (SSSR count). The monoisotopic (exact) mass is 318 g/mol. The molecule has 21 heavy (non-hydrogen) atoms. The van der Waals surface area contributed by atoms with E-state index in [1.54, 1.807) is 6.92 Å². The van der Waals surface area contributed by atoms with Gasteiger partial charge in [0.25, 0.3) is 0 Å². The fraction of sp³-hybridized carbons (Fsp3) is 0.250. The van der Waals surface area contributed by atoms with Crippen LogP contribution in [0, 0.1) is 6.92 Å². The first-order chi connectivity index (χ1) is 9.77. The molecule has 0 aliphatic carbocycles. The summed E-state index contributed by atoms with van der Waals surface area (Å²) in [6, 6.07) is 3.14. The maximum absolute atomic E-state index is 12.9. The van der Waals surface area contributed by atoms with Crippen LogP contribution in [0.2, 0.25) is 5.02 Å². The summed E-state index contributed by atoms with van der Waals surface area (Å²) in [4.78, 5) is 11.8. The smallest absolute Gasteiger partial charge is 0.324 e. The van der Waals surface area contributed by atoms with E-state index in [0.29, 0.717) is 5.69 Å². The highest BCUT2D eigenvalue weighted by Crippen LogP contribution is 2.36. The van der Waals surface area contributed by atoms with Gasteiger partial charge in [0.05, 0.1) is 23.1 Å². The summed E-state index contributed by atoms with van der Waals surface area (Å²) >= 11 is 5.56. The number of anilines is 1. The van der Waals surface area contributed by atoms with Crippen molar-refractivity contribution in [2.24, 2.45) is 0 Å². The van der Waals surface area contributed by atoms with Crippen molar-refractivity contribution in [2.75, 3.05) is 5.32 Å². The molecule has 0 saturated heterocycles. The van der Waals surface area contributed by atoms with E-state index in [-0.39, 0.29) is 17.3 Å². The molecule has 2 aromatic rings. The molecular formula is C12H10ClF3N4O. The van der Waals surface area contributed by atoms with Gasteiger partial charge in [0.2, 0.25) is 5.91 Å². The van der Waals surface area contributed by atoms with Crippen molar-refractivity contribution in [1.29, 1.82) is 0 Å². The molecule has 0 spiro atoms. The molecule has 9 heteroatoms. The molecule has 0 radical (unpaired) electrons. The number of carbonyl (C=O) groups excluding carboxylic acids is 1. The lowest BCUT2D eigenvalue weighted by atomic mass is 10.1. The number of halogens is 4. The number of hydrogen-bond acceptors (Lipinski definition) is 3. The summed E-state index contributed by atoms with van der Waals surface area (Å²) in [6.07, 6.45) is -3.17. The number of nitrogens with zero attached hydrogens (tertiary/aromatic N) is 3. The SMILES string of the molecule is Cc1cnnn1CC(=O)Nc1ccc(Cl)cc1C(F)(F)F. The van der Waals surface area contributed by atoms with E-state index in [9.17, 15) is 18.0 Å². The minimum Gasteiger partial charge on any atom is -0.324 e. The van der Waals surface area contributed by atoms with Crippen LogP contribution in [0.3, 0.4) is 0 Å². The molecule has 0 bridgehead atoms. The first-order valence-corrected chi connectivity index (χ1v) is 6.17. The Morgan fingerprint density at radius 2 is 2.14 bits per heavy atom. The number of alkyl halides is 3. The number of carbonyl (C=O) groups is 1. The number of aromatic nitrogens is 3. The number of nitrogens with one attached hydrogen (secondary N) is 1. The van der Waals surface area contributed by atoms with Crippen molar-refractivity contribution in [3.05, 3.63) is 40.7 Å². The van der Waals surface area contributed by atoms with Gasteiger partial charge in [-0.05, 0) is 25.1 Å². The van der Waals surface area contributed by atoms with E-state index in [1.807, 2.05) is 0 Å². The first kappa shape index (κ1) is 15.3. The van der Waals surface area contributed by atoms with Crippen molar-refractivity contribution in [3.63, 3.8) is 0 Å². The van der Waals surface area contributed by atoms with E-state index >= 15 is 0 Å². The minimum atomic E-state index is -4.61. The highest BCUT2D eigenvalue weighted by molar-refractivity contribution is 6.30. The Labute approximate surface area is 122 Å². The summed E-state index contributed by atoms with van der Waals surface area (Å²) in [7, 11) is 0. The molecule has 1 N–H and O–H groups in total. The van der Waals surface area contributed by atoms with Crippen LogP contribution < -0.4 is 5.32 Å². The maximum Gasteiger partial charge on any atom is 0.418 e. The van der Waals surface area contributed by atoms with Crippen LogP contribution in [0.1, 0.15) is 11.3 Å². The van der Waals surface area contributed by atoms with E-state index in [2.05, 4.69) is 15.6 Å². The standard InChI is InChI=1S/C12H10ClF3N4O/c1-7-5-17-19-20(7)6-11(21)18-10-3-2-8(13)4-9(10)12(14,15)16/h2-5H,6H2,1H3,(H,18,21). The summed E-state index contributed by atoms with van der Waals surface area (Å²) in [5.74, 6) is -0.642. The van der Waals surface area contributed by atoms with Crippen LogP contribution >= 0.6 is 11.6 Å². The highest BCUT2D eigenvalue weighted by atomic mass is 35.5. The zero-order valence-corrected chi connectivity index (χ0v) is 11.5. The van der Waals surface area contributed by atoms with E-state index < -0.39 is 17.6 Å². The number of aryl methyl sites for hydroxylation is 1. The fourth-order valence-corrected chi connectivity index (χ4v) is 1.82. The van der Waals surface area contributed by atoms with E-state index in [1.165, 1.54) is 16.9 Å². The molecule has 0 aliphatic rings. The molecule has 112 valence electrons. The predicted molar refractivity (Wildman–Crippen MR) is 69.8 cm³/mol. The molecule has 1 amide bonds. The minimum absolute atomic E-state index is 0.0626. The van der Waals surface area contributed by atoms with Gasteiger partial charge in [0.15, 0.2) is 0 Å². The van der Waals surface area contributed by atoms with Gasteiger partial charge in [0, 0.05) is 5.02 Å². The fourth-order valence-electron chi connectivity index (χ4n) is 1.65. The second-order valence-corrected chi connectivity index (χ2v) is 4.71. The number of hydrogen-bond donors (Lipinski definition) is 1. The lowest BCUT2D eigenvalue weighted by Gasteiger charge is -2.14. The number of benzene rings is 1. The van der Waals surface area contributed by atoms with Crippen LogP contribution in [0.5, 0.6) is 0 Å². The van der Waals surface area contributed by atoms with Crippen molar-refractivity contribution < 1.29 is 18.0 Å². The Kier molecular flexibility index (Phi) is 4.17. The Morgan fingerprint density at radius 1 is 1.43 bits per heavy atom. The van der Waals surface area contributed by atoms with Crippen molar-refractivity contribution in [1.82, 2.24) is 15.0 Å². The predicted octanol–water partition coefficient (Wildman–Crippen LogP) is 2.90. The molecular weight excluding hydrogens is 309 g/mol. The maximum atomic E-state index is 12.9. The van der Waals surface area contributed by atoms with Crippen LogP contribution in [0.25, 0.3) is 0 Å². The van der Waals surface area contributed by atoms with Crippen molar-refractivity contribution in [2.45, 2.75) is 19.6 Å². The van der Waals surface area contributed by atoms with Gasteiger partial charge in [-0.25, -0.2) is 4.68 Å². The van der Waals surface area contributed by atoms with Crippen LogP contribution in [-0.2, 0) is 17.5 Å². The van der Waals surface area contributed by atoms with Crippen molar-refractivity contribution in [3.8, 4) is 0 Å². The zero-order chi connectivity index (χ0) is 15.6. The Hall–Kier alpha value is -2.09. The molecule has 0 unspecified atom stereocenters. The second-order valence-electron chi connectivity index (χ2n) is 4.27. The largest absolute Gasteiger partial charge is 0.418 e. The number of amides is 1. The van der Waals surface area contributed by atoms with Gasteiger partial charge in [-0.15, -0.1) is 5.10 Å². The summed E-state index contributed by atoms with van der Waals surface area (Å²) in [5, 5.41) is 9.37. The third kappa shape index (κ3) is 3.72. The van der Waals surface area contributed by atoms with Gasteiger partial charge >= 0.3 is 6.18 Å². The van der Waals surface area contributed by atoms with Crippen LogP contribution in [0.4, 0.5) is 18.9 Å². The van der Waals surface area contributed by atoms with Crippen molar-refractivity contribution >= 4 is 23.2 Å². The molecule has 1 aromatic carbocycles. The van der Waals surface area contributed by atoms with E-state index in [4.69, 9.17) is 11.6 Å². The van der Waals surface area contributed by atoms with Crippen LogP contribution in [0.15, 0.2) is 24.4 Å². The summed E-state index contributed by atoms with van der Waals surface area (Å²) < 4.78 is 39.9. The molecule has 1 aromatic heterocycles. The lowest BCUT2D eigenvalue weighted by molar-refractivity contribution is -0.137. The zero-order valence-electron chi connectivity index (χ0n) is 10.8. The van der Waals surface area contributed by atoms with Gasteiger partial charge in [-0.3, -0.25) is 4.79 Å². The normalized spacial score (nSPS) is 11.5. The molecule has 1 heterocycles. The van der Waals surface area contributed by atoms with Gasteiger partial charge < -0.3 is 5.32 Å². The first-order valence-electron chi connectivity index (χ1n) is 5.79. The van der Waals surface area contributed by atoms with E-state index in [0.717, 1.165) is 12.1 Å². The summed E-state index contributed by atoms with van der Waals surface area (Å²) in [5.41, 5.74) is -0.731. The Bertz CT molecular complexity index is 669. The molecule has 0 saturated carbocycles. The topological polar surface area (TPSA) is 59.8 Å². The third-order valence-corrected chi connectivity index (χ3v) is 2.90. The average Bonchev–Trinajstić information content (AvgIpc) is 2.76. The average molecular weight is 319 g/mol. The molecule has 0 fully saturated rings. The Morgan fingerprint density at radius 3 is 2.71 bits per heavy atom. The number of rotatable bonds is 3. The quantitative estimate of drug-likeness (QED) is 0.946. The highest BCUT2D eigenvalue weighted by Gasteiger charge is 2.34. The second kappa shape index (κ2) is 5.72. The lowest BCUT2D eigenvalue weighted by Crippen LogP contribution is -2.22. The molecule has 0 aliphatic heterocycles. The van der Waals surface area contributed by atoms with Gasteiger partial charge in [-0.2, -0.15) is 13.2 Å². The summed E-state index contributed by atoms with van der Waals surface area (Å²) in [6.45, 7) is 1.45. The third-order valence-electron chi connectivity index (χ3n) is 2.67. The Balaban J connectivity index is 2.20. The molecule has 0 atom stereocenters. The van der Waals surface area contributed by atoms with Gasteiger partial charge in [0.1, 0.15) is 6.54 Å². The van der Waals surface area contributed by atoms with Crippen LogP contribution in [-0.4, -0.2) is 20.9 Å².